The Morgan fingerprint density at radius 2 is 1.94 bits per heavy atom. The largest absolute Gasteiger partial charge is 0.315 e. The highest BCUT2D eigenvalue weighted by Crippen LogP contribution is 2.11. The van der Waals surface area contributed by atoms with Gasteiger partial charge >= 0.3 is 0 Å². The van der Waals surface area contributed by atoms with E-state index in [-0.39, 0.29) is 0 Å². The zero-order chi connectivity index (χ0) is 12.5. The molecule has 1 rings (SSSR count). The molecule has 3 heteroatoms. The summed E-state index contributed by atoms with van der Waals surface area (Å²) < 4.78 is 1.16. The Morgan fingerprint density at radius 3 is 2.59 bits per heavy atom. The van der Waals surface area contributed by atoms with Crippen molar-refractivity contribution in [3.8, 4) is 0 Å². The molecule has 17 heavy (non-hydrogen) atoms. The van der Waals surface area contributed by atoms with Crippen molar-refractivity contribution in [2.75, 3.05) is 32.7 Å². The Balaban J connectivity index is 2.12. The maximum Gasteiger partial charge on any atom is 0.0178 e. The number of likely N-dealkylation sites (N-methyl/N-ethyl adjacent to an activating group) is 1. The molecule has 0 unspecified atom stereocenters. The van der Waals surface area contributed by atoms with Crippen molar-refractivity contribution in [3.05, 3.63) is 34.3 Å². The molecule has 0 aliphatic rings. The maximum atomic E-state index is 3.50. The summed E-state index contributed by atoms with van der Waals surface area (Å²) in [6.45, 7) is 9.99. The van der Waals surface area contributed by atoms with Gasteiger partial charge in [-0.3, -0.25) is 0 Å². The van der Waals surface area contributed by atoms with Crippen molar-refractivity contribution in [2.24, 2.45) is 0 Å². The summed E-state index contributed by atoms with van der Waals surface area (Å²) in [5.74, 6) is 0. The molecule has 0 atom stereocenters. The second kappa shape index (κ2) is 8.67. The zero-order valence-electron chi connectivity index (χ0n) is 10.9. The fourth-order valence-corrected chi connectivity index (χ4v) is 2.27. The number of hydrogen-bond donors (Lipinski definition) is 1. The highest BCUT2D eigenvalue weighted by molar-refractivity contribution is 9.10. The van der Waals surface area contributed by atoms with Crippen LogP contribution in [-0.4, -0.2) is 37.6 Å². The van der Waals surface area contributed by atoms with Gasteiger partial charge in [0.2, 0.25) is 0 Å². The fraction of sp³-hybridized carbons (Fsp3) is 0.571. The molecule has 0 amide bonds. The van der Waals surface area contributed by atoms with Gasteiger partial charge in [0, 0.05) is 17.6 Å². The standard InChI is InChI=1S/C14H23BrN2/c1-3-17(4-2)11-10-16-9-8-13-6-5-7-14(15)12-13/h5-7,12,16H,3-4,8-11H2,1-2H3. The van der Waals surface area contributed by atoms with Gasteiger partial charge < -0.3 is 10.2 Å². The summed E-state index contributed by atoms with van der Waals surface area (Å²) in [5.41, 5.74) is 1.38. The molecule has 1 aromatic rings. The number of benzene rings is 1. The molecule has 0 fully saturated rings. The molecular weight excluding hydrogens is 276 g/mol. The lowest BCUT2D eigenvalue weighted by Crippen LogP contribution is -2.32. The molecule has 0 aromatic heterocycles. The molecule has 0 saturated carbocycles. The minimum Gasteiger partial charge on any atom is -0.315 e. The van der Waals surface area contributed by atoms with Crippen molar-refractivity contribution < 1.29 is 0 Å². The maximum absolute atomic E-state index is 3.50. The predicted octanol–water partition coefficient (Wildman–Crippen LogP) is 2.92. The minimum absolute atomic E-state index is 1.05. The van der Waals surface area contributed by atoms with Crippen LogP contribution in [0.5, 0.6) is 0 Å². The summed E-state index contributed by atoms with van der Waals surface area (Å²) >= 11 is 3.50. The first-order valence-electron chi connectivity index (χ1n) is 6.43. The van der Waals surface area contributed by atoms with E-state index in [1.807, 2.05) is 0 Å². The molecule has 0 radical (unpaired) electrons. The lowest BCUT2D eigenvalue weighted by Gasteiger charge is -2.17. The summed E-state index contributed by atoms with van der Waals surface area (Å²) in [7, 11) is 0. The Hall–Kier alpha value is -0.380. The molecule has 1 N–H and O–H groups in total. The van der Waals surface area contributed by atoms with Crippen LogP contribution in [0, 0.1) is 0 Å². The average molecular weight is 299 g/mol. The molecule has 1 aromatic carbocycles. The third-order valence-corrected chi connectivity index (χ3v) is 3.47. The van der Waals surface area contributed by atoms with Gasteiger partial charge in [0.05, 0.1) is 0 Å². The van der Waals surface area contributed by atoms with Crippen LogP contribution >= 0.6 is 15.9 Å². The van der Waals surface area contributed by atoms with Crippen LogP contribution in [0.2, 0.25) is 0 Å². The van der Waals surface area contributed by atoms with Gasteiger partial charge in [0.1, 0.15) is 0 Å². The van der Waals surface area contributed by atoms with Crippen LogP contribution < -0.4 is 5.32 Å². The third kappa shape index (κ3) is 6.20. The van der Waals surface area contributed by atoms with Crippen LogP contribution in [0.3, 0.4) is 0 Å². The SMILES string of the molecule is CCN(CC)CCNCCc1cccc(Br)c1. The highest BCUT2D eigenvalue weighted by atomic mass is 79.9. The summed E-state index contributed by atoms with van der Waals surface area (Å²) in [4.78, 5) is 2.44. The summed E-state index contributed by atoms with van der Waals surface area (Å²) in [6.07, 6.45) is 1.09. The molecule has 2 nitrogen and oxygen atoms in total. The van der Waals surface area contributed by atoms with E-state index >= 15 is 0 Å². The Kier molecular flexibility index (Phi) is 7.49. The van der Waals surface area contributed by atoms with E-state index in [1.165, 1.54) is 5.56 Å². The predicted molar refractivity (Wildman–Crippen MR) is 78.5 cm³/mol. The summed E-state index contributed by atoms with van der Waals surface area (Å²) in [5, 5.41) is 3.50. The molecule has 0 saturated heterocycles. The number of nitrogens with zero attached hydrogens (tertiary/aromatic N) is 1. The second-order valence-electron chi connectivity index (χ2n) is 4.16. The second-order valence-corrected chi connectivity index (χ2v) is 5.07. The quantitative estimate of drug-likeness (QED) is 0.743. The lowest BCUT2D eigenvalue weighted by molar-refractivity contribution is 0.303. The average Bonchev–Trinajstić information content (AvgIpc) is 2.34. The molecule has 96 valence electrons. The fourth-order valence-electron chi connectivity index (χ4n) is 1.83. The van der Waals surface area contributed by atoms with E-state index in [1.54, 1.807) is 0 Å². The molecule has 0 aliphatic heterocycles. The number of rotatable bonds is 8. The molecule has 0 aliphatic carbocycles. The number of hydrogen-bond acceptors (Lipinski definition) is 2. The van der Waals surface area contributed by atoms with E-state index in [0.717, 1.165) is 43.6 Å². The van der Waals surface area contributed by atoms with Crippen molar-refractivity contribution in [1.29, 1.82) is 0 Å². The first-order valence-corrected chi connectivity index (χ1v) is 7.23. The monoisotopic (exact) mass is 298 g/mol. The Bertz CT molecular complexity index is 311. The van der Waals surface area contributed by atoms with Gasteiger partial charge in [-0.15, -0.1) is 0 Å². The van der Waals surface area contributed by atoms with Gasteiger partial charge in [-0.25, -0.2) is 0 Å². The van der Waals surface area contributed by atoms with Gasteiger partial charge in [0.25, 0.3) is 0 Å². The smallest absolute Gasteiger partial charge is 0.0178 e. The van der Waals surface area contributed by atoms with Crippen molar-refractivity contribution >= 4 is 15.9 Å². The minimum atomic E-state index is 1.05. The van der Waals surface area contributed by atoms with Crippen molar-refractivity contribution in [3.63, 3.8) is 0 Å². The van der Waals surface area contributed by atoms with Crippen LogP contribution in [0.4, 0.5) is 0 Å². The molecule has 0 heterocycles. The van der Waals surface area contributed by atoms with Gasteiger partial charge in [-0.1, -0.05) is 41.9 Å². The van der Waals surface area contributed by atoms with Crippen molar-refractivity contribution in [2.45, 2.75) is 20.3 Å². The lowest BCUT2D eigenvalue weighted by atomic mass is 10.1. The van der Waals surface area contributed by atoms with Gasteiger partial charge in [-0.05, 0) is 43.8 Å². The zero-order valence-corrected chi connectivity index (χ0v) is 12.5. The first kappa shape index (κ1) is 14.7. The van der Waals surface area contributed by atoms with E-state index in [4.69, 9.17) is 0 Å². The number of halogens is 1. The highest BCUT2D eigenvalue weighted by Gasteiger charge is 1.98. The molecule has 0 bridgehead atoms. The topological polar surface area (TPSA) is 15.3 Å². The van der Waals surface area contributed by atoms with E-state index in [2.05, 4.69) is 64.3 Å². The normalized spacial score (nSPS) is 11.1. The molecule has 0 spiro atoms. The van der Waals surface area contributed by atoms with Crippen LogP contribution in [0.1, 0.15) is 19.4 Å². The van der Waals surface area contributed by atoms with Crippen LogP contribution in [-0.2, 0) is 6.42 Å². The van der Waals surface area contributed by atoms with Gasteiger partial charge in [-0.2, -0.15) is 0 Å². The number of nitrogens with one attached hydrogen (secondary N) is 1. The summed E-state index contributed by atoms with van der Waals surface area (Å²) in [6, 6.07) is 8.52. The van der Waals surface area contributed by atoms with E-state index in [9.17, 15) is 0 Å². The van der Waals surface area contributed by atoms with Gasteiger partial charge in [0.15, 0.2) is 0 Å². The molecular formula is C14H23BrN2. The first-order chi connectivity index (χ1) is 8.26. The van der Waals surface area contributed by atoms with E-state index < -0.39 is 0 Å². The third-order valence-electron chi connectivity index (χ3n) is 2.98. The Morgan fingerprint density at radius 1 is 1.18 bits per heavy atom. The van der Waals surface area contributed by atoms with Crippen LogP contribution in [0.25, 0.3) is 0 Å². The van der Waals surface area contributed by atoms with Crippen molar-refractivity contribution in [1.82, 2.24) is 10.2 Å². The Labute approximate surface area is 114 Å². The van der Waals surface area contributed by atoms with E-state index in [0.29, 0.717) is 0 Å². The van der Waals surface area contributed by atoms with Crippen LogP contribution in [0.15, 0.2) is 28.7 Å².